The van der Waals surface area contributed by atoms with Gasteiger partial charge in [-0.3, -0.25) is 0 Å². The van der Waals surface area contributed by atoms with Gasteiger partial charge in [0.05, 0.1) is 23.0 Å². The molecule has 1 aliphatic carbocycles. The van der Waals surface area contributed by atoms with Gasteiger partial charge in [0.1, 0.15) is 0 Å². The molecule has 3 heteroatoms. The quantitative estimate of drug-likeness (QED) is 0.811. The second-order valence-electron chi connectivity index (χ2n) is 4.92. The van der Waals surface area contributed by atoms with Crippen molar-refractivity contribution in [1.82, 2.24) is 0 Å². The molecule has 0 radical (unpaired) electrons. The van der Waals surface area contributed by atoms with Gasteiger partial charge in [-0.1, -0.05) is 12.8 Å². The van der Waals surface area contributed by atoms with Gasteiger partial charge >= 0.3 is 0 Å². The van der Waals surface area contributed by atoms with Crippen molar-refractivity contribution in [2.24, 2.45) is 5.92 Å². The monoisotopic (exact) mass is 229 g/mol. The maximum Gasteiger partial charge on any atom is 0.0992 e. The zero-order valence-electron chi connectivity index (χ0n) is 10.3. The van der Waals surface area contributed by atoms with Gasteiger partial charge in [-0.05, 0) is 37.0 Å². The van der Waals surface area contributed by atoms with Gasteiger partial charge < -0.3 is 10.6 Å². The molecule has 2 rings (SSSR count). The van der Waals surface area contributed by atoms with E-state index in [1.165, 1.54) is 25.7 Å². The Morgan fingerprint density at radius 3 is 2.76 bits per heavy atom. The van der Waals surface area contributed by atoms with E-state index in [4.69, 9.17) is 11.0 Å². The van der Waals surface area contributed by atoms with Crippen LogP contribution in [0.15, 0.2) is 18.2 Å². The van der Waals surface area contributed by atoms with Crippen LogP contribution in [0.1, 0.15) is 31.2 Å². The molecule has 1 fully saturated rings. The first-order valence-electron chi connectivity index (χ1n) is 6.21. The van der Waals surface area contributed by atoms with Crippen LogP contribution in [0.25, 0.3) is 0 Å². The summed E-state index contributed by atoms with van der Waals surface area (Å²) in [5, 5.41) is 8.91. The topological polar surface area (TPSA) is 53.0 Å². The molecule has 0 saturated heterocycles. The molecule has 1 aromatic rings. The Morgan fingerprint density at radius 2 is 2.12 bits per heavy atom. The third-order valence-electron chi connectivity index (χ3n) is 3.58. The van der Waals surface area contributed by atoms with Gasteiger partial charge in [0.2, 0.25) is 0 Å². The Bertz CT molecular complexity index is 428. The third kappa shape index (κ3) is 2.71. The fourth-order valence-corrected chi connectivity index (χ4v) is 2.62. The Hall–Kier alpha value is -1.69. The van der Waals surface area contributed by atoms with E-state index in [-0.39, 0.29) is 0 Å². The van der Waals surface area contributed by atoms with Crippen molar-refractivity contribution in [1.29, 1.82) is 5.26 Å². The predicted octanol–water partition coefficient (Wildman–Crippen LogP) is 2.77. The van der Waals surface area contributed by atoms with Gasteiger partial charge in [-0.2, -0.15) is 5.26 Å². The predicted molar refractivity (Wildman–Crippen MR) is 70.8 cm³/mol. The number of anilines is 2. The van der Waals surface area contributed by atoms with E-state index in [1.807, 2.05) is 12.1 Å². The highest BCUT2D eigenvalue weighted by atomic mass is 15.1. The third-order valence-corrected chi connectivity index (χ3v) is 3.58. The molecule has 0 atom stereocenters. The van der Waals surface area contributed by atoms with Crippen molar-refractivity contribution in [2.45, 2.75) is 25.7 Å². The van der Waals surface area contributed by atoms with Crippen molar-refractivity contribution < 1.29 is 0 Å². The molecule has 0 aliphatic heterocycles. The zero-order valence-corrected chi connectivity index (χ0v) is 10.3. The van der Waals surface area contributed by atoms with Crippen molar-refractivity contribution >= 4 is 11.4 Å². The van der Waals surface area contributed by atoms with Crippen LogP contribution in [-0.4, -0.2) is 13.6 Å². The number of rotatable bonds is 3. The Kier molecular flexibility index (Phi) is 3.53. The first kappa shape index (κ1) is 11.8. The number of hydrogen-bond donors (Lipinski definition) is 1. The maximum atomic E-state index is 8.91. The van der Waals surface area contributed by atoms with Crippen molar-refractivity contribution in [3.63, 3.8) is 0 Å². The second kappa shape index (κ2) is 5.09. The first-order chi connectivity index (χ1) is 8.20. The smallest absolute Gasteiger partial charge is 0.0992 e. The molecule has 90 valence electrons. The summed E-state index contributed by atoms with van der Waals surface area (Å²) in [6.07, 6.45) is 5.35. The second-order valence-corrected chi connectivity index (χ2v) is 4.92. The van der Waals surface area contributed by atoms with Crippen LogP contribution in [0.4, 0.5) is 11.4 Å². The summed E-state index contributed by atoms with van der Waals surface area (Å²) in [7, 11) is 2.06. The lowest BCUT2D eigenvalue weighted by molar-refractivity contribution is 0.547. The number of benzene rings is 1. The fraction of sp³-hybridized carbons (Fsp3) is 0.500. The number of nitrogens with zero attached hydrogens (tertiary/aromatic N) is 2. The van der Waals surface area contributed by atoms with E-state index in [2.05, 4.69) is 18.0 Å². The molecule has 3 nitrogen and oxygen atoms in total. The molecular weight excluding hydrogens is 210 g/mol. The SMILES string of the molecule is CN(CC1CCCC1)c1cc(C#N)ccc1N. The van der Waals surface area contributed by atoms with Crippen LogP contribution < -0.4 is 10.6 Å². The molecule has 1 aromatic carbocycles. The van der Waals surface area contributed by atoms with E-state index in [9.17, 15) is 0 Å². The molecule has 0 unspecified atom stereocenters. The van der Waals surface area contributed by atoms with Crippen LogP contribution in [0.5, 0.6) is 0 Å². The summed E-state index contributed by atoms with van der Waals surface area (Å²) in [5.74, 6) is 0.783. The van der Waals surface area contributed by atoms with E-state index in [1.54, 1.807) is 6.07 Å². The number of nitriles is 1. The summed E-state index contributed by atoms with van der Waals surface area (Å²) >= 11 is 0. The fourth-order valence-electron chi connectivity index (χ4n) is 2.62. The van der Waals surface area contributed by atoms with Crippen molar-refractivity contribution in [2.75, 3.05) is 24.2 Å². The summed E-state index contributed by atoms with van der Waals surface area (Å²) in [4.78, 5) is 2.19. The molecule has 0 amide bonds. The van der Waals surface area contributed by atoms with Gasteiger partial charge in [0, 0.05) is 13.6 Å². The van der Waals surface area contributed by atoms with E-state index < -0.39 is 0 Å². The number of nitrogens with two attached hydrogens (primary N) is 1. The summed E-state index contributed by atoms with van der Waals surface area (Å²) in [6.45, 7) is 1.04. The molecule has 17 heavy (non-hydrogen) atoms. The average molecular weight is 229 g/mol. The molecule has 0 aromatic heterocycles. The highest BCUT2D eigenvalue weighted by Crippen LogP contribution is 2.29. The van der Waals surface area contributed by atoms with Gasteiger partial charge in [-0.25, -0.2) is 0 Å². The minimum absolute atomic E-state index is 0.674. The van der Waals surface area contributed by atoms with Crippen LogP contribution >= 0.6 is 0 Å². The van der Waals surface area contributed by atoms with Crippen molar-refractivity contribution in [3.8, 4) is 6.07 Å². The Labute approximate surface area is 103 Å². The van der Waals surface area contributed by atoms with Gasteiger partial charge in [-0.15, -0.1) is 0 Å². The first-order valence-corrected chi connectivity index (χ1v) is 6.21. The summed E-state index contributed by atoms with van der Waals surface area (Å²) < 4.78 is 0. The van der Waals surface area contributed by atoms with Crippen molar-refractivity contribution in [3.05, 3.63) is 23.8 Å². The minimum atomic E-state index is 0.674. The number of hydrogen-bond acceptors (Lipinski definition) is 3. The molecule has 0 heterocycles. The van der Waals surface area contributed by atoms with E-state index in [0.717, 1.165) is 23.8 Å². The van der Waals surface area contributed by atoms with E-state index in [0.29, 0.717) is 5.56 Å². The summed E-state index contributed by atoms with van der Waals surface area (Å²) in [5.41, 5.74) is 8.38. The zero-order chi connectivity index (χ0) is 12.3. The maximum absolute atomic E-state index is 8.91. The van der Waals surface area contributed by atoms with Crippen LogP contribution in [0, 0.1) is 17.2 Å². The van der Waals surface area contributed by atoms with Gasteiger partial charge in [0.25, 0.3) is 0 Å². The van der Waals surface area contributed by atoms with Gasteiger partial charge in [0.15, 0.2) is 0 Å². The lowest BCUT2D eigenvalue weighted by Crippen LogP contribution is -2.24. The van der Waals surface area contributed by atoms with Crippen LogP contribution in [0.2, 0.25) is 0 Å². The molecule has 1 saturated carbocycles. The molecule has 0 spiro atoms. The highest BCUT2D eigenvalue weighted by Gasteiger charge is 2.18. The normalized spacial score (nSPS) is 15.8. The van der Waals surface area contributed by atoms with E-state index >= 15 is 0 Å². The molecule has 1 aliphatic rings. The summed E-state index contributed by atoms with van der Waals surface area (Å²) in [6, 6.07) is 7.62. The van der Waals surface area contributed by atoms with Crippen LogP contribution in [-0.2, 0) is 0 Å². The Balaban J connectivity index is 2.12. The number of nitrogen functional groups attached to an aromatic ring is 1. The average Bonchev–Trinajstić information content (AvgIpc) is 2.82. The molecule has 0 bridgehead atoms. The largest absolute Gasteiger partial charge is 0.397 e. The van der Waals surface area contributed by atoms with Crippen LogP contribution in [0.3, 0.4) is 0 Å². The Morgan fingerprint density at radius 1 is 1.41 bits per heavy atom. The lowest BCUT2D eigenvalue weighted by Gasteiger charge is -2.24. The highest BCUT2D eigenvalue weighted by molar-refractivity contribution is 5.69. The standard InChI is InChI=1S/C14H19N3/c1-17(10-11-4-2-3-5-11)14-8-12(9-15)6-7-13(14)16/h6-8,11H,2-5,10,16H2,1H3. The molecule has 2 N–H and O–H groups in total. The molecular formula is C14H19N3. The minimum Gasteiger partial charge on any atom is -0.397 e. The lowest BCUT2D eigenvalue weighted by atomic mass is 10.1.